The summed E-state index contributed by atoms with van der Waals surface area (Å²) in [5.41, 5.74) is 0.407. The second-order valence-corrected chi connectivity index (χ2v) is 4.87. The lowest BCUT2D eigenvalue weighted by Gasteiger charge is -2.24. The number of carbonyl (C=O) groups is 3. The number of nitrogens with one attached hydrogen (secondary N) is 1. The smallest absolute Gasteiger partial charge is 0.335 e. The molecule has 21 heavy (non-hydrogen) atoms. The maximum absolute atomic E-state index is 12.2. The third-order valence-electron chi connectivity index (χ3n) is 3.46. The minimum atomic E-state index is -1.09. The van der Waals surface area contributed by atoms with Crippen LogP contribution in [0.2, 0.25) is 0 Å². The molecule has 6 heteroatoms. The van der Waals surface area contributed by atoms with E-state index in [1.54, 1.807) is 18.2 Å². The van der Waals surface area contributed by atoms with Crippen LogP contribution in [0.15, 0.2) is 36.4 Å². The second-order valence-electron chi connectivity index (χ2n) is 4.87. The first-order chi connectivity index (χ1) is 9.99. The quantitative estimate of drug-likeness (QED) is 0.735. The molecule has 0 aromatic heterocycles. The molecule has 0 saturated heterocycles. The Hall–Kier alpha value is -2.63. The molecule has 1 aromatic rings. The molecule has 0 radical (unpaired) electrons. The van der Waals surface area contributed by atoms with Crippen molar-refractivity contribution in [3.8, 4) is 0 Å². The van der Waals surface area contributed by atoms with Gasteiger partial charge in [-0.25, -0.2) is 4.79 Å². The van der Waals surface area contributed by atoms with Crippen LogP contribution in [-0.2, 0) is 9.59 Å². The normalized spacial score (nSPS) is 20.8. The summed E-state index contributed by atoms with van der Waals surface area (Å²) >= 11 is 0. The van der Waals surface area contributed by atoms with Gasteiger partial charge in [-0.05, 0) is 31.0 Å². The predicted octanol–water partition coefficient (Wildman–Crippen LogP) is 1.99. The lowest BCUT2D eigenvalue weighted by molar-refractivity contribution is -0.146. The second kappa shape index (κ2) is 6.21. The number of allylic oxidation sites excluding steroid dienone is 2. The maximum atomic E-state index is 12.2. The van der Waals surface area contributed by atoms with Gasteiger partial charge in [0.25, 0.3) is 0 Å². The van der Waals surface area contributed by atoms with Crippen molar-refractivity contribution in [2.75, 3.05) is 5.32 Å². The molecule has 1 amide bonds. The Kier molecular flexibility index (Phi) is 4.37. The molecule has 1 aromatic carbocycles. The van der Waals surface area contributed by atoms with Gasteiger partial charge >= 0.3 is 11.9 Å². The highest BCUT2D eigenvalue weighted by Crippen LogP contribution is 2.27. The molecule has 2 unspecified atom stereocenters. The van der Waals surface area contributed by atoms with E-state index < -0.39 is 29.7 Å². The van der Waals surface area contributed by atoms with Crippen LogP contribution in [0.3, 0.4) is 0 Å². The fraction of sp³-hybridized carbons (Fsp3) is 0.267. The number of aliphatic carboxylic acids is 1. The zero-order valence-electron chi connectivity index (χ0n) is 11.2. The van der Waals surface area contributed by atoms with E-state index in [1.165, 1.54) is 18.2 Å². The Balaban J connectivity index is 2.13. The largest absolute Gasteiger partial charge is 0.481 e. The Labute approximate surface area is 121 Å². The van der Waals surface area contributed by atoms with Gasteiger partial charge in [0.15, 0.2) is 0 Å². The standard InChI is InChI=1S/C15H15NO5/c17-13(11-6-1-2-7-12(11)15(20)21)16-10-5-3-4-9(8-10)14(18)19/h1-5,8,11-12H,6-7H2,(H,16,17)(H,18,19)(H,20,21). The Morgan fingerprint density at radius 1 is 1.05 bits per heavy atom. The van der Waals surface area contributed by atoms with E-state index in [1.807, 2.05) is 0 Å². The number of aromatic carboxylic acids is 1. The van der Waals surface area contributed by atoms with Gasteiger partial charge in [-0.15, -0.1) is 0 Å². The average molecular weight is 289 g/mol. The van der Waals surface area contributed by atoms with Crippen molar-refractivity contribution in [1.29, 1.82) is 0 Å². The van der Waals surface area contributed by atoms with Gasteiger partial charge in [0.2, 0.25) is 5.91 Å². The lowest BCUT2D eigenvalue weighted by Crippen LogP contribution is -2.34. The summed E-state index contributed by atoms with van der Waals surface area (Å²) in [6.45, 7) is 0. The van der Waals surface area contributed by atoms with Gasteiger partial charge < -0.3 is 15.5 Å². The van der Waals surface area contributed by atoms with E-state index in [-0.39, 0.29) is 5.56 Å². The van der Waals surface area contributed by atoms with Crippen LogP contribution >= 0.6 is 0 Å². The highest BCUT2D eigenvalue weighted by atomic mass is 16.4. The maximum Gasteiger partial charge on any atom is 0.335 e. The van der Waals surface area contributed by atoms with Gasteiger partial charge in [0.1, 0.15) is 0 Å². The first-order valence-corrected chi connectivity index (χ1v) is 6.51. The van der Waals surface area contributed by atoms with Gasteiger partial charge in [-0.1, -0.05) is 18.2 Å². The molecule has 2 atom stereocenters. The number of carboxylic acids is 2. The zero-order valence-corrected chi connectivity index (χ0v) is 11.2. The fourth-order valence-corrected chi connectivity index (χ4v) is 2.34. The van der Waals surface area contributed by atoms with Crippen LogP contribution in [0.25, 0.3) is 0 Å². The number of amides is 1. The van der Waals surface area contributed by atoms with E-state index in [4.69, 9.17) is 10.2 Å². The molecule has 3 N–H and O–H groups in total. The summed E-state index contributed by atoms with van der Waals surface area (Å²) in [7, 11) is 0. The Morgan fingerprint density at radius 2 is 1.71 bits per heavy atom. The van der Waals surface area contributed by atoms with Crippen molar-refractivity contribution in [3.63, 3.8) is 0 Å². The third kappa shape index (κ3) is 3.47. The van der Waals surface area contributed by atoms with Gasteiger partial charge in [-0.2, -0.15) is 0 Å². The first kappa shape index (κ1) is 14.8. The minimum Gasteiger partial charge on any atom is -0.481 e. The zero-order chi connectivity index (χ0) is 15.4. The number of anilines is 1. The van der Waals surface area contributed by atoms with E-state index in [2.05, 4.69) is 5.32 Å². The van der Waals surface area contributed by atoms with Crippen molar-refractivity contribution < 1.29 is 24.6 Å². The molecule has 1 aliphatic carbocycles. The number of hydrogen-bond donors (Lipinski definition) is 3. The molecule has 1 aliphatic rings. The molecule has 0 fully saturated rings. The van der Waals surface area contributed by atoms with E-state index in [0.29, 0.717) is 18.5 Å². The summed E-state index contributed by atoms with van der Waals surface area (Å²) in [5, 5.41) is 20.6. The molecule has 0 spiro atoms. The Bertz CT molecular complexity index is 608. The molecular formula is C15H15NO5. The van der Waals surface area contributed by atoms with Crippen molar-refractivity contribution in [1.82, 2.24) is 0 Å². The molecule has 0 bridgehead atoms. The monoisotopic (exact) mass is 289 g/mol. The molecule has 0 aliphatic heterocycles. The van der Waals surface area contributed by atoms with Crippen molar-refractivity contribution in [2.45, 2.75) is 12.8 Å². The van der Waals surface area contributed by atoms with E-state index in [0.717, 1.165) is 0 Å². The minimum absolute atomic E-state index is 0.0612. The molecular weight excluding hydrogens is 274 g/mol. The number of benzene rings is 1. The number of carboxylic acid groups (broad SMARTS) is 2. The van der Waals surface area contributed by atoms with E-state index in [9.17, 15) is 14.4 Å². The van der Waals surface area contributed by atoms with Gasteiger partial charge in [0.05, 0.1) is 17.4 Å². The van der Waals surface area contributed by atoms with Crippen molar-refractivity contribution in [2.24, 2.45) is 11.8 Å². The summed E-state index contributed by atoms with van der Waals surface area (Å²) in [6, 6.07) is 5.85. The number of carbonyl (C=O) groups excluding carboxylic acids is 1. The van der Waals surface area contributed by atoms with Crippen LogP contribution in [0, 0.1) is 11.8 Å². The summed E-state index contributed by atoms with van der Waals surface area (Å²) in [5.74, 6) is -3.90. The molecule has 0 saturated carbocycles. The van der Waals surface area contributed by atoms with Crippen LogP contribution in [-0.4, -0.2) is 28.1 Å². The molecule has 6 nitrogen and oxygen atoms in total. The highest BCUT2D eigenvalue weighted by Gasteiger charge is 2.33. The Morgan fingerprint density at radius 3 is 2.33 bits per heavy atom. The van der Waals surface area contributed by atoms with Crippen LogP contribution in [0.4, 0.5) is 5.69 Å². The highest BCUT2D eigenvalue weighted by molar-refractivity contribution is 5.97. The molecule has 2 rings (SSSR count). The van der Waals surface area contributed by atoms with Gasteiger partial charge in [0, 0.05) is 5.69 Å². The fourth-order valence-electron chi connectivity index (χ4n) is 2.34. The topological polar surface area (TPSA) is 104 Å². The number of rotatable bonds is 4. The van der Waals surface area contributed by atoms with Crippen molar-refractivity contribution >= 4 is 23.5 Å². The van der Waals surface area contributed by atoms with Crippen LogP contribution < -0.4 is 5.32 Å². The number of hydrogen-bond acceptors (Lipinski definition) is 3. The van der Waals surface area contributed by atoms with Crippen molar-refractivity contribution in [3.05, 3.63) is 42.0 Å². The first-order valence-electron chi connectivity index (χ1n) is 6.51. The van der Waals surface area contributed by atoms with Gasteiger partial charge in [-0.3, -0.25) is 9.59 Å². The summed E-state index contributed by atoms with van der Waals surface area (Å²) < 4.78 is 0. The SMILES string of the molecule is O=C(O)c1cccc(NC(=O)C2CC=CCC2C(=O)O)c1. The molecule has 0 heterocycles. The van der Waals surface area contributed by atoms with E-state index >= 15 is 0 Å². The summed E-state index contributed by atoms with van der Waals surface area (Å²) in [4.78, 5) is 34.3. The van der Waals surface area contributed by atoms with Crippen LogP contribution in [0.5, 0.6) is 0 Å². The van der Waals surface area contributed by atoms with Crippen LogP contribution in [0.1, 0.15) is 23.2 Å². The molecule has 110 valence electrons. The lowest BCUT2D eigenvalue weighted by atomic mass is 9.82. The summed E-state index contributed by atoms with van der Waals surface area (Å²) in [6.07, 6.45) is 4.23. The predicted molar refractivity (Wildman–Crippen MR) is 75.0 cm³/mol. The third-order valence-corrected chi connectivity index (χ3v) is 3.46. The average Bonchev–Trinajstić information content (AvgIpc) is 2.47.